The van der Waals surface area contributed by atoms with Gasteiger partial charge < -0.3 is 20.5 Å². The molecule has 3 N–H and O–H groups in total. The Morgan fingerprint density at radius 3 is 2.83 bits per heavy atom. The molecule has 1 heterocycles. The number of benzene rings is 1. The predicted molar refractivity (Wildman–Crippen MR) is 68.8 cm³/mol. The van der Waals surface area contributed by atoms with Crippen molar-refractivity contribution in [3.05, 3.63) is 18.2 Å². The largest absolute Gasteiger partial charge is 0.506 e. The van der Waals surface area contributed by atoms with Crippen molar-refractivity contribution >= 4 is 11.6 Å². The zero-order valence-electron chi connectivity index (χ0n) is 10.6. The summed E-state index contributed by atoms with van der Waals surface area (Å²) in [6.07, 6.45) is 0. The summed E-state index contributed by atoms with van der Waals surface area (Å²) in [4.78, 5) is 12.0. The number of amides is 1. The van der Waals surface area contributed by atoms with Crippen LogP contribution in [0.2, 0.25) is 0 Å². The van der Waals surface area contributed by atoms with Crippen molar-refractivity contribution in [2.24, 2.45) is 11.8 Å². The van der Waals surface area contributed by atoms with Crippen LogP contribution in [0.4, 0.5) is 5.69 Å². The van der Waals surface area contributed by atoms with Crippen LogP contribution in [0.3, 0.4) is 0 Å². The van der Waals surface area contributed by atoms with Gasteiger partial charge in [-0.2, -0.15) is 0 Å². The van der Waals surface area contributed by atoms with Crippen LogP contribution in [0.15, 0.2) is 18.2 Å². The number of carbonyl (C=O) groups excluding carboxylic acids is 1. The molecule has 1 aromatic carbocycles. The highest BCUT2D eigenvalue weighted by atomic mass is 16.5. The lowest BCUT2D eigenvalue weighted by molar-refractivity contribution is -0.120. The van der Waals surface area contributed by atoms with Crippen LogP contribution in [0.1, 0.15) is 6.92 Å². The monoisotopic (exact) mass is 250 g/mol. The van der Waals surface area contributed by atoms with E-state index in [1.165, 1.54) is 13.2 Å². The van der Waals surface area contributed by atoms with Crippen molar-refractivity contribution in [2.75, 3.05) is 25.5 Å². The maximum atomic E-state index is 12.0. The Kier molecular flexibility index (Phi) is 3.72. The average Bonchev–Trinajstić information content (AvgIpc) is 2.78. The number of anilines is 1. The molecule has 5 nitrogen and oxygen atoms in total. The van der Waals surface area contributed by atoms with Crippen molar-refractivity contribution in [3.63, 3.8) is 0 Å². The molecular weight excluding hydrogens is 232 g/mol. The fraction of sp³-hybridized carbons (Fsp3) is 0.462. The summed E-state index contributed by atoms with van der Waals surface area (Å²) in [6, 6.07) is 4.82. The molecule has 1 aromatic rings. The van der Waals surface area contributed by atoms with E-state index in [1.54, 1.807) is 12.1 Å². The first-order valence-corrected chi connectivity index (χ1v) is 6.00. The van der Waals surface area contributed by atoms with E-state index < -0.39 is 0 Å². The number of hydrogen-bond acceptors (Lipinski definition) is 4. The van der Waals surface area contributed by atoms with Crippen LogP contribution in [0.25, 0.3) is 0 Å². The lowest BCUT2D eigenvalue weighted by Gasteiger charge is -2.15. The predicted octanol–water partition coefficient (Wildman–Crippen LogP) is 1.19. The van der Waals surface area contributed by atoms with Crippen molar-refractivity contribution < 1.29 is 14.6 Å². The van der Waals surface area contributed by atoms with Crippen LogP contribution in [0, 0.1) is 11.8 Å². The molecule has 0 aliphatic carbocycles. The third-order valence-electron chi connectivity index (χ3n) is 3.32. The Bertz CT molecular complexity index is 448. The number of nitrogens with one attached hydrogen (secondary N) is 2. The lowest BCUT2D eigenvalue weighted by Crippen LogP contribution is -2.27. The molecule has 0 spiro atoms. The van der Waals surface area contributed by atoms with Crippen LogP contribution < -0.4 is 15.4 Å². The number of ether oxygens (including phenoxy) is 1. The van der Waals surface area contributed by atoms with E-state index in [1.807, 2.05) is 6.92 Å². The Hall–Kier alpha value is -1.75. The molecule has 0 radical (unpaired) electrons. The summed E-state index contributed by atoms with van der Waals surface area (Å²) in [7, 11) is 1.53. The van der Waals surface area contributed by atoms with Crippen LogP contribution in [0.5, 0.6) is 11.5 Å². The average molecular weight is 250 g/mol. The minimum absolute atomic E-state index is 0.0151. The van der Waals surface area contributed by atoms with E-state index in [-0.39, 0.29) is 17.6 Å². The SMILES string of the molecule is COc1ccc(NC(=O)C2CNCC2C)c(O)c1. The smallest absolute Gasteiger partial charge is 0.229 e. The zero-order valence-corrected chi connectivity index (χ0v) is 10.6. The maximum absolute atomic E-state index is 12.0. The van der Waals surface area contributed by atoms with Gasteiger partial charge >= 0.3 is 0 Å². The minimum atomic E-state index is -0.0621. The standard InChI is InChI=1S/C13H18N2O3/c1-8-6-14-7-10(8)13(17)15-11-4-3-9(18-2)5-12(11)16/h3-5,8,10,14,16H,6-7H2,1-2H3,(H,15,17). The third kappa shape index (κ3) is 2.56. The Balaban J connectivity index is 2.07. The number of hydrogen-bond donors (Lipinski definition) is 3. The van der Waals surface area contributed by atoms with Gasteiger partial charge in [0.2, 0.25) is 5.91 Å². The van der Waals surface area contributed by atoms with Crippen molar-refractivity contribution in [1.29, 1.82) is 0 Å². The Morgan fingerprint density at radius 1 is 1.50 bits per heavy atom. The maximum Gasteiger partial charge on any atom is 0.229 e. The topological polar surface area (TPSA) is 70.6 Å². The molecule has 1 aliphatic heterocycles. The molecule has 1 saturated heterocycles. The minimum Gasteiger partial charge on any atom is -0.506 e. The molecule has 2 rings (SSSR count). The quantitative estimate of drug-likeness (QED) is 0.705. The van der Waals surface area contributed by atoms with Gasteiger partial charge in [-0.1, -0.05) is 6.92 Å². The van der Waals surface area contributed by atoms with Gasteiger partial charge in [-0.3, -0.25) is 4.79 Å². The molecule has 1 aliphatic rings. The highest BCUT2D eigenvalue weighted by Gasteiger charge is 2.29. The molecular formula is C13H18N2O3. The Morgan fingerprint density at radius 2 is 2.28 bits per heavy atom. The van der Waals surface area contributed by atoms with Gasteiger partial charge in [-0.25, -0.2) is 0 Å². The lowest BCUT2D eigenvalue weighted by atomic mass is 9.97. The molecule has 2 atom stereocenters. The van der Waals surface area contributed by atoms with E-state index in [0.29, 0.717) is 23.9 Å². The van der Waals surface area contributed by atoms with Gasteiger partial charge in [0.05, 0.1) is 18.7 Å². The summed E-state index contributed by atoms with van der Waals surface area (Å²) in [6.45, 7) is 3.58. The second-order valence-corrected chi connectivity index (χ2v) is 4.61. The number of phenolic OH excluding ortho intramolecular Hbond substituents is 1. The molecule has 0 bridgehead atoms. The Labute approximate surface area is 106 Å². The summed E-state index contributed by atoms with van der Waals surface area (Å²) in [5.74, 6) is 0.771. The number of rotatable bonds is 3. The molecule has 5 heteroatoms. The van der Waals surface area contributed by atoms with Gasteiger partial charge in [0.15, 0.2) is 0 Å². The van der Waals surface area contributed by atoms with Gasteiger partial charge in [-0.15, -0.1) is 0 Å². The van der Waals surface area contributed by atoms with Gasteiger partial charge in [-0.05, 0) is 24.6 Å². The van der Waals surface area contributed by atoms with E-state index in [9.17, 15) is 9.90 Å². The number of aromatic hydroxyl groups is 1. The van der Waals surface area contributed by atoms with Crippen LogP contribution >= 0.6 is 0 Å². The van der Waals surface area contributed by atoms with E-state index in [2.05, 4.69) is 10.6 Å². The summed E-state index contributed by atoms with van der Waals surface area (Å²) < 4.78 is 4.99. The summed E-state index contributed by atoms with van der Waals surface area (Å²) >= 11 is 0. The third-order valence-corrected chi connectivity index (χ3v) is 3.32. The number of methoxy groups -OCH3 is 1. The molecule has 2 unspecified atom stereocenters. The van der Waals surface area contributed by atoms with E-state index >= 15 is 0 Å². The van der Waals surface area contributed by atoms with Crippen LogP contribution in [-0.4, -0.2) is 31.2 Å². The molecule has 1 fully saturated rings. The molecule has 1 amide bonds. The highest BCUT2D eigenvalue weighted by Crippen LogP contribution is 2.29. The highest BCUT2D eigenvalue weighted by molar-refractivity contribution is 5.94. The first kappa shape index (κ1) is 12.7. The van der Waals surface area contributed by atoms with E-state index in [0.717, 1.165) is 6.54 Å². The number of carbonyl (C=O) groups is 1. The second kappa shape index (κ2) is 5.27. The number of phenols is 1. The fourth-order valence-corrected chi connectivity index (χ4v) is 2.13. The summed E-state index contributed by atoms with van der Waals surface area (Å²) in [5, 5.41) is 15.7. The van der Waals surface area contributed by atoms with Crippen molar-refractivity contribution in [2.45, 2.75) is 6.92 Å². The first-order chi connectivity index (χ1) is 8.61. The van der Waals surface area contributed by atoms with Crippen LogP contribution in [-0.2, 0) is 4.79 Å². The first-order valence-electron chi connectivity index (χ1n) is 6.00. The molecule has 98 valence electrons. The second-order valence-electron chi connectivity index (χ2n) is 4.61. The van der Waals surface area contributed by atoms with Gasteiger partial charge in [0, 0.05) is 12.6 Å². The van der Waals surface area contributed by atoms with Gasteiger partial charge in [0.1, 0.15) is 11.5 Å². The van der Waals surface area contributed by atoms with Gasteiger partial charge in [0.25, 0.3) is 0 Å². The normalized spacial score (nSPS) is 22.8. The molecule has 18 heavy (non-hydrogen) atoms. The van der Waals surface area contributed by atoms with E-state index in [4.69, 9.17) is 4.74 Å². The zero-order chi connectivity index (χ0) is 13.1. The molecule has 0 saturated carbocycles. The van der Waals surface area contributed by atoms with Crippen molar-refractivity contribution in [3.8, 4) is 11.5 Å². The summed E-state index contributed by atoms with van der Waals surface area (Å²) in [5.41, 5.74) is 0.417. The van der Waals surface area contributed by atoms with Crippen molar-refractivity contribution in [1.82, 2.24) is 5.32 Å². The fourth-order valence-electron chi connectivity index (χ4n) is 2.13. The molecule has 0 aromatic heterocycles.